The summed E-state index contributed by atoms with van der Waals surface area (Å²) < 4.78 is 0. The van der Waals surface area contributed by atoms with E-state index < -0.39 is 0 Å². The Morgan fingerprint density at radius 2 is 2.00 bits per heavy atom. The minimum Gasteiger partial charge on any atom is -0.508 e. The van der Waals surface area contributed by atoms with Gasteiger partial charge in [0.15, 0.2) is 0 Å². The molecule has 0 bridgehead atoms. The van der Waals surface area contributed by atoms with Gasteiger partial charge in [-0.15, -0.1) is 0 Å². The fraction of sp³-hybridized carbons (Fsp3) is 0.364. The Balaban J connectivity index is 2.09. The van der Waals surface area contributed by atoms with Crippen LogP contribution in [-0.4, -0.2) is 31.2 Å². The Bertz CT molecular complexity index is 357. The average Bonchev–Trinajstić information content (AvgIpc) is 2.15. The number of benzene rings is 1. The molecule has 1 heterocycles. The first-order chi connectivity index (χ1) is 7.18. The van der Waals surface area contributed by atoms with Crippen molar-refractivity contribution in [2.75, 3.05) is 25.0 Å². The molecule has 0 spiro atoms. The average molecular weight is 206 g/mol. The lowest BCUT2D eigenvalue weighted by Gasteiger charge is -2.30. The molecule has 4 nitrogen and oxygen atoms in total. The van der Waals surface area contributed by atoms with Crippen LogP contribution >= 0.6 is 0 Å². The van der Waals surface area contributed by atoms with Crippen molar-refractivity contribution < 1.29 is 9.90 Å². The van der Waals surface area contributed by atoms with Gasteiger partial charge in [-0.1, -0.05) is 0 Å². The molecule has 1 fully saturated rings. The molecule has 1 aromatic carbocycles. The molecular formula is C11H14N2O2. The van der Waals surface area contributed by atoms with E-state index in [1.807, 2.05) is 0 Å². The standard InChI is InChI=1S/C11H14N2O2/c1-13(11(15)8-6-12-7-8)9-2-4-10(14)5-3-9/h2-5,8,12,14H,6-7H2,1H3. The van der Waals surface area contributed by atoms with Gasteiger partial charge in [0.25, 0.3) is 0 Å². The quantitative estimate of drug-likeness (QED) is 0.744. The number of hydrogen-bond acceptors (Lipinski definition) is 3. The van der Waals surface area contributed by atoms with E-state index in [1.165, 1.54) is 0 Å². The molecule has 1 aromatic rings. The highest BCUT2D eigenvalue weighted by Gasteiger charge is 2.27. The highest BCUT2D eigenvalue weighted by Crippen LogP contribution is 2.19. The van der Waals surface area contributed by atoms with Gasteiger partial charge < -0.3 is 15.3 Å². The van der Waals surface area contributed by atoms with E-state index >= 15 is 0 Å². The van der Waals surface area contributed by atoms with Gasteiger partial charge in [0.1, 0.15) is 5.75 Å². The second-order valence-corrected chi connectivity index (χ2v) is 3.77. The summed E-state index contributed by atoms with van der Waals surface area (Å²) in [7, 11) is 1.76. The minimum absolute atomic E-state index is 0.101. The van der Waals surface area contributed by atoms with Crippen LogP contribution in [0.3, 0.4) is 0 Å². The Labute approximate surface area is 88.5 Å². The van der Waals surface area contributed by atoms with Gasteiger partial charge in [0.2, 0.25) is 5.91 Å². The van der Waals surface area contributed by atoms with E-state index in [-0.39, 0.29) is 17.6 Å². The number of nitrogens with zero attached hydrogens (tertiary/aromatic N) is 1. The van der Waals surface area contributed by atoms with Crippen molar-refractivity contribution in [2.45, 2.75) is 0 Å². The maximum Gasteiger partial charge on any atom is 0.232 e. The lowest BCUT2D eigenvalue weighted by atomic mass is 10.0. The molecule has 1 aliphatic rings. The third-order valence-electron chi connectivity index (χ3n) is 2.70. The van der Waals surface area contributed by atoms with E-state index in [4.69, 9.17) is 5.11 Å². The molecule has 0 saturated carbocycles. The number of phenolic OH excluding ortho intramolecular Hbond substituents is 1. The number of rotatable bonds is 2. The predicted molar refractivity (Wildman–Crippen MR) is 57.9 cm³/mol. The van der Waals surface area contributed by atoms with Crippen LogP contribution in [0.25, 0.3) is 0 Å². The van der Waals surface area contributed by atoms with Gasteiger partial charge in [-0.25, -0.2) is 0 Å². The normalized spacial score (nSPS) is 15.8. The lowest BCUT2D eigenvalue weighted by molar-refractivity contribution is -0.123. The summed E-state index contributed by atoms with van der Waals surface area (Å²) in [5.41, 5.74) is 0.810. The van der Waals surface area contributed by atoms with E-state index in [2.05, 4.69) is 5.32 Å². The topological polar surface area (TPSA) is 52.6 Å². The second-order valence-electron chi connectivity index (χ2n) is 3.77. The summed E-state index contributed by atoms with van der Waals surface area (Å²) >= 11 is 0. The smallest absolute Gasteiger partial charge is 0.232 e. The number of hydrogen-bond donors (Lipinski definition) is 2. The van der Waals surface area contributed by atoms with Crippen LogP contribution in [0.4, 0.5) is 5.69 Å². The molecule has 1 aliphatic heterocycles. The van der Waals surface area contributed by atoms with Crippen molar-refractivity contribution in [1.29, 1.82) is 0 Å². The zero-order valence-electron chi connectivity index (χ0n) is 8.60. The zero-order chi connectivity index (χ0) is 10.8. The van der Waals surface area contributed by atoms with Gasteiger partial charge in [-0.05, 0) is 24.3 Å². The van der Waals surface area contributed by atoms with E-state index in [0.717, 1.165) is 18.8 Å². The first kappa shape index (κ1) is 9.98. The maximum atomic E-state index is 11.8. The Kier molecular flexibility index (Phi) is 2.60. The second kappa shape index (κ2) is 3.90. The van der Waals surface area contributed by atoms with Crippen molar-refractivity contribution >= 4 is 11.6 Å². The van der Waals surface area contributed by atoms with Crippen LogP contribution in [0.5, 0.6) is 5.75 Å². The van der Waals surface area contributed by atoms with Crippen LogP contribution in [0, 0.1) is 5.92 Å². The molecular weight excluding hydrogens is 192 g/mol. The SMILES string of the molecule is CN(C(=O)C1CNC1)c1ccc(O)cc1. The number of amides is 1. The summed E-state index contributed by atoms with van der Waals surface area (Å²) in [4.78, 5) is 13.5. The van der Waals surface area contributed by atoms with Crippen molar-refractivity contribution in [3.8, 4) is 5.75 Å². The number of phenols is 1. The summed E-state index contributed by atoms with van der Waals surface area (Å²) in [5.74, 6) is 0.438. The fourth-order valence-electron chi connectivity index (χ4n) is 1.54. The third kappa shape index (κ3) is 1.94. The third-order valence-corrected chi connectivity index (χ3v) is 2.70. The molecule has 4 heteroatoms. The van der Waals surface area contributed by atoms with Crippen molar-refractivity contribution in [3.05, 3.63) is 24.3 Å². The largest absolute Gasteiger partial charge is 0.508 e. The van der Waals surface area contributed by atoms with Gasteiger partial charge in [0, 0.05) is 25.8 Å². The van der Waals surface area contributed by atoms with Crippen LogP contribution in [0.2, 0.25) is 0 Å². The molecule has 0 unspecified atom stereocenters. The lowest BCUT2D eigenvalue weighted by Crippen LogP contribution is -2.51. The Morgan fingerprint density at radius 3 is 2.47 bits per heavy atom. The first-order valence-electron chi connectivity index (χ1n) is 4.96. The summed E-state index contributed by atoms with van der Waals surface area (Å²) in [6.45, 7) is 1.53. The van der Waals surface area contributed by atoms with Crippen LogP contribution in [0.15, 0.2) is 24.3 Å². The molecule has 15 heavy (non-hydrogen) atoms. The Morgan fingerprint density at radius 1 is 1.40 bits per heavy atom. The fourth-order valence-corrected chi connectivity index (χ4v) is 1.54. The highest BCUT2D eigenvalue weighted by molar-refractivity contribution is 5.95. The molecule has 2 N–H and O–H groups in total. The van der Waals surface area contributed by atoms with Crippen molar-refractivity contribution in [1.82, 2.24) is 5.32 Å². The molecule has 0 atom stereocenters. The number of carbonyl (C=O) groups is 1. The predicted octanol–water partition coefficient (Wildman–Crippen LogP) is 0.574. The van der Waals surface area contributed by atoms with E-state index in [1.54, 1.807) is 36.2 Å². The molecule has 0 radical (unpaired) electrons. The van der Waals surface area contributed by atoms with E-state index in [0.29, 0.717) is 0 Å². The van der Waals surface area contributed by atoms with Gasteiger partial charge in [-0.3, -0.25) is 4.79 Å². The molecule has 0 aliphatic carbocycles. The maximum absolute atomic E-state index is 11.8. The summed E-state index contributed by atoms with van der Waals surface area (Å²) in [5, 5.41) is 12.2. The zero-order valence-corrected chi connectivity index (χ0v) is 8.60. The monoisotopic (exact) mass is 206 g/mol. The summed E-state index contributed by atoms with van der Waals surface area (Å²) in [6.07, 6.45) is 0. The van der Waals surface area contributed by atoms with Gasteiger partial charge in [-0.2, -0.15) is 0 Å². The number of nitrogens with one attached hydrogen (secondary N) is 1. The number of aromatic hydroxyl groups is 1. The van der Waals surface area contributed by atoms with Crippen LogP contribution < -0.4 is 10.2 Å². The van der Waals surface area contributed by atoms with Crippen LogP contribution in [-0.2, 0) is 4.79 Å². The van der Waals surface area contributed by atoms with Crippen molar-refractivity contribution in [3.63, 3.8) is 0 Å². The molecule has 1 saturated heterocycles. The van der Waals surface area contributed by atoms with E-state index in [9.17, 15) is 4.79 Å². The molecule has 80 valence electrons. The molecule has 0 aromatic heterocycles. The number of carbonyl (C=O) groups excluding carboxylic acids is 1. The van der Waals surface area contributed by atoms with Crippen LogP contribution in [0.1, 0.15) is 0 Å². The molecule has 2 rings (SSSR count). The molecule has 1 amide bonds. The number of anilines is 1. The summed E-state index contributed by atoms with van der Waals surface area (Å²) in [6, 6.07) is 6.63. The van der Waals surface area contributed by atoms with Crippen molar-refractivity contribution in [2.24, 2.45) is 5.92 Å². The highest BCUT2D eigenvalue weighted by atomic mass is 16.3. The minimum atomic E-state index is 0.101. The Hall–Kier alpha value is -1.55. The first-order valence-corrected chi connectivity index (χ1v) is 4.96. The van der Waals surface area contributed by atoms with Gasteiger partial charge in [0.05, 0.1) is 5.92 Å². The van der Waals surface area contributed by atoms with Gasteiger partial charge >= 0.3 is 0 Å².